The first-order valence-electron chi connectivity index (χ1n) is 19.3. The standard InChI is InChI=1S/C54H34S/c1-2-12-35(13-3-1)42-30-31-49-51(34-42)55-50-23-11-22-44(54(49)50)37-25-27-38(28-26-37)52-45-18-6-8-20-47(45)53(48-21-9-7-19-46(48)52)43-17-10-16-40(33-43)41-29-24-36-14-4-5-15-39(36)32-41/h1-34H/i4D. The van der Waals surface area contributed by atoms with Crippen molar-refractivity contribution in [3.05, 3.63) is 206 Å². The van der Waals surface area contributed by atoms with Gasteiger partial charge in [-0.2, -0.15) is 0 Å². The molecule has 55 heavy (non-hydrogen) atoms. The molecule has 0 saturated carbocycles. The highest BCUT2D eigenvalue weighted by atomic mass is 32.1. The largest absolute Gasteiger partial charge is 0.135 e. The van der Waals surface area contributed by atoms with E-state index < -0.39 is 0 Å². The van der Waals surface area contributed by atoms with Gasteiger partial charge < -0.3 is 0 Å². The van der Waals surface area contributed by atoms with E-state index in [1.54, 1.807) is 0 Å². The fourth-order valence-electron chi connectivity index (χ4n) is 8.60. The fraction of sp³-hybridized carbons (Fsp3) is 0. The van der Waals surface area contributed by atoms with Crippen LogP contribution in [0.4, 0.5) is 0 Å². The minimum atomic E-state index is 0.535. The van der Waals surface area contributed by atoms with Crippen LogP contribution in [0.5, 0.6) is 0 Å². The van der Waals surface area contributed by atoms with Crippen molar-refractivity contribution in [2.24, 2.45) is 0 Å². The highest BCUT2D eigenvalue weighted by Gasteiger charge is 2.18. The SMILES string of the molecule is [2H]c1ccc2cc(-c3cccc(-c4c5ccccc5c(-c5ccc(-c6cccc7sc8cc(-c9ccccc9)ccc8c67)cc5)c5ccccc45)c3)ccc2c1. The second kappa shape index (κ2) is 13.0. The van der Waals surface area contributed by atoms with E-state index in [1.165, 1.54) is 97.4 Å². The average molecular weight is 716 g/mol. The third-order valence-electron chi connectivity index (χ3n) is 11.2. The molecular formula is C54H34S. The van der Waals surface area contributed by atoms with Gasteiger partial charge in [-0.3, -0.25) is 0 Å². The van der Waals surface area contributed by atoms with Crippen molar-refractivity contribution >= 4 is 63.8 Å². The van der Waals surface area contributed by atoms with Gasteiger partial charge in [0.25, 0.3) is 0 Å². The summed E-state index contributed by atoms with van der Waals surface area (Å²) in [5, 5.41) is 9.85. The highest BCUT2D eigenvalue weighted by molar-refractivity contribution is 7.26. The van der Waals surface area contributed by atoms with Crippen molar-refractivity contribution in [1.29, 1.82) is 0 Å². The molecule has 0 saturated heterocycles. The van der Waals surface area contributed by atoms with Crippen molar-refractivity contribution in [3.63, 3.8) is 0 Å². The fourth-order valence-corrected chi connectivity index (χ4v) is 9.77. The lowest BCUT2D eigenvalue weighted by Gasteiger charge is -2.18. The monoisotopic (exact) mass is 715 g/mol. The quantitative estimate of drug-likeness (QED) is 0.156. The lowest BCUT2D eigenvalue weighted by molar-refractivity contribution is 1.62. The Bertz CT molecular complexity index is 3240. The zero-order chi connectivity index (χ0) is 37.2. The van der Waals surface area contributed by atoms with Gasteiger partial charge in [0.1, 0.15) is 0 Å². The number of fused-ring (bicyclic) bond motifs is 6. The van der Waals surface area contributed by atoms with Crippen LogP contribution in [0.25, 0.3) is 108 Å². The van der Waals surface area contributed by atoms with E-state index in [1.807, 2.05) is 29.5 Å². The molecule has 0 aliphatic rings. The van der Waals surface area contributed by atoms with Gasteiger partial charge in [0.15, 0.2) is 0 Å². The third kappa shape index (κ3) is 5.35. The van der Waals surface area contributed by atoms with Crippen LogP contribution < -0.4 is 0 Å². The summed E-state index contributed by atoms with van der Waals surface area (Å²) in [6.07, 6.45) is 0. The lowest BCUT2D eigenvalue weighted by Crippen LogP contribution is -1.91. The number of hydrogen-bond donors (Lipinski definition) is 0. The number of thiophene rings is 1. The summed E-state index contributed by atoms with van der Waals surface area (Å²) in [7, 11) is 0. The van der Waals surface area contributed by atoms with Crippen molar-refractivity contribution in [3.8, 4) is 55.6 Å². The Kier molecular flexibility index (Phi) is 7.21. The summed E-state index contributed by atoms with van der Waals surface area (Å²) < 4.78 is 10.7. The molecule has 0 N–H and O–H groups in total. The molecule has 0 aliphatic carbocycles. The van der Waals surface area contributed by atoms with Crippen LogP contribution in [0, 0.1) is 0 Å². The molecule has 0 amide bonds. The number of hydrogen-bond acceptors (Lipinski definition) is 1. The van der Waals surface area contributed by atoms with Gasteiger partial charge in [-0.1, -0.05) is 182 Å². The Morgan fingerprint density at radius 2 is 0.891 bits per heavy atom. The molecule has 0 aliphatic heterocycles. The first kappa shape index (κ1) is 30.6. The summed E-state index contributed by atoms with van der Waals surface area (Å²) >= 11 is 1.88. The summed E-state index contributed by atoms with van der Waals surface area (Å²) in [6.45, 7) is 0. The molecule has 0 fully saturated rings. The van der Waals surface area contributed by atoms with Gasteiger partial charge >= 0.3 is 0 Å². The normalized spacial score (nSPS) is 11.9. The van der Waals surface area contributed by atoms with Crippen molar-refractivity contribution in [2.45, 2.75) is 0 Å². The summed E-state index contributed by atoms with van der Waals surface area (Å²) in [6, 6.07) is 73.2. The maximum atomic E-state index is 8.04. The first-order chi connectivity index (χ1) is 27.7. The van der Waals surface area contributed by atoms with E-state index in [4.69, 9.17) is 1.37 Å². The molecular weight excluding hydrogens is 681 g/mol. The minimum Gasteiger partial charge on any atom is -0.135 e. The smallest absolute Gasteiger partial charge is 0.0623 e. The van der Waals surface area contributed by atoms with Crippen LogP contribution >= 0.6 is 11.3 Å². The zero-order valence-electron chi connectivity index (χ0n) is 31.0. The van der Waals surface area contributed by atoms with Crippen molar-refractivity contribution < 1.29 is 1.37 Å². The highest BCUT2D eigenvalue weighted by Crippen LogP contribution is 2.46. The number of benzene rings is 10. The Balaban J connectivity index is 1.03. The van der Waals surface area contributed by atoms with Crippen LogP contribution in [-0.2, 0) is 0 Å². The summed E-state index contributed by atoms with van der Waals surface area (Å²) in [5.41, 5.74) is 12.3. The van der Waals surface area contributed by atoms with Crippen molar-refractivity contribution in [2.75, 3.05) is 0 Å². The molecule has 1 aromatic heterocycles. The summed E-state index contributed by atoms with van der Waals surface area (Å²) in [4.78, 5) is 0. The van der Waals surface area contributed by atoms with Gasteiger partial charge in [-0.25, -0.2) is 0 Å². The van der Waals surface area contributed by atoms with Crippen LogP contribution in [0.15, 0.2) is 206 Å². The van der Waals surface area contributed by atoms with Gasteiger partial charge in [-0.15, -0.1) is 11.3 Å². The molecule has 0 unspecified atom stereocenters. The molecule has 10 aromatic carbocycles. The topological polar surface area (TPSA) is 0 Å². The molecule has 0 spiro atoms. The maximum absolute atomic E-state index is 8.04. The molecule has 0 bridgehead atoms. The van der Waals surface area contributed by atoms with E-state index in [2.05, 4.69) is 182 Å². The molecule has 11 rings (SSSR count). The zero-order valence-corrected chi connectivity index (χ0v) is 30.8. The van der Waals surface area contributed by atoms with E-state index in [0.717, 1.165) is 10.8 Å². The molecule has 0 nitrogen and oxygen atoms in total. The molecule has 1 heteroatoms. The maximum Gasteiger partial charge on any atom is 0.0623 e. The van der Waals surface area contributed by atoms with E-state index in [-0.39, 0.29) is 0 Å². The van der Waals surface area contributed by atoms with E-state index >= 15 is 0 Å². The molecule has 256 valence electrons. The van der Waals surface area contributed by atoms with Crippen LogP contribution in [0.2, 0.25) is 0 Å². The van der Waals surface area contributed by atoms with Crippen LogP contribution in [0.3, 0.4) is 0 Å². The Morgan fingerprint density at radius 1 is 0.309 bits per heavy atom. The number of rotatable bonds is 5. The Labute approximate surface area is 325 Å². The van der Waals surface area contributed by atoms with Crippen LogP contribution in [0.1, 0.15) is 1.37 Å². The minimum absolute atomic E-state index is 0.535. The predicted octanol–water partition coefficient (Wildman–Crippen LogP) is 15.8. The molecule has 0 radical (unpaired) electrons. The first-order valence-corrected chi connectivity index (χ1v) is 19.6. The van der Waals surface area contributed by atoms with Gasteiger partial charge in [0.2, 0.25) is 0 Å². The van der Waals surface area contributed by atoms with E-state index in [9.17, 15) is 0 Å². The average Bonchev–Trinajstić information content (AvgIpc) is 3.64. The second-order valence-electron chi connectivity index (χ2n) is 14.3. The summed E-state index contributed by atoms with van der Waals surface area (Å²) in [5.74, 6) is 0. The molecule has 1 heterocycles. The Morgan fingerprint density at radius 3 is 1.65 bits per heavy atom. The molecule has 11 aromatic rings. The van der Waals surface area contributed by atoms with Crippen molar-refractivity contribution in [1.82, 2.24) is 0 Å². The predicted molar refractivity (Wildman–Crippen MR) is 239 cm³/mol. The van der Waals surface area contributed by atoms with E-state index in [0.29, 0.717) is 6.04 Å². The van der Waals surface area contributed by atoms with Crippen LogP contribution in [-0.4, -0.2) is 0 Å². The van der Waals surface area contributed by atoms with Gasteiger partial charge in [0, 0.05) is 20.2 Å². The Hall–Kier alpha value is -6.80. The molecule has 0 atom stereocenters. The van der Waals surface area contributed by atoms with Gasteiger partial charge in [-0.05, 0) is 112 Å². The third-order valence-corrected chi connectivity index (χ3v) is 12.3. The second-order valence-corrected chi connectivity index (χ2v) is 15.4. The van der Waals surface area contributed by atoms with Gasteiger partial charge in [0.05, 0.1) is 1.37 Å². The lowest BCUT2D eigenvalue weighted by atomic mass is 9.85.